The second kappa shape index (κ2) is 8.54. The van der Waals surface area contributed by atoms with Crippen molar-refractivity contribution in [1.82, 2.24) is 9.96 Å². The molecule has 1 atom stereocenters. The Morgan fingerprint density at radius 2 is 1.54 bits per heavy atom. The zero-order valence-electron chi connectivity index (χ0n) is 19.2. The van der Waals surface area contributed by atoms with Crippen molar-refractivity contribution in [3.63, 3.8) is 0 Å². The van der Waals surface area contributed by atoms with E-state index in [4.69, 9.17) is 4.84 Å². The molecule has 0 aromatic heterocycles. The predicted molar refractivity (Wildman–Crippen MR) is 116 cm³/mol. The maximum atomic E-state index is 13.8. The van der Waals surface area contributed by atoms with Crippen molar-refractivity contribution in [3.05, 3.63) is 35.9 Å². The Balaban J connectivity index is 2.55. The number of hydrogen-bond acceptors (Lipinski definition) is 3. The van der Waals surface area contributed by atoms with Crippen molar-refractivity contribution >= 4 is 5.91 Å². The molecule has 0 N–H and O–H groups in total. The summed E-state index contributed by atoms with van der Waals surface area (Å²) >= 11 is 0. The molecule has 28 heavy (non-hydrogen) atoms. The monoisotopic (exact) mass is 388 g/mol. The van der Waals surface area contributed by atoms with E-state index in [0.29, 0.717) is 6.54 Å². The average molecular weight is 389 g/mol. The summed E-state index contributed by atoms with van der Waals surface area (Å²) in [5, 5.41) is 2.13. The molecule has 1 heterocycles. The van der Waals surface area contributed by atoms with E-state index in [1.807, 2.05) is 18.2 Å². The molecule has 1 aliphatic rings. The Labute approximate surface area is 172 Å². The molecule has 1 aromatic rings. The Hall–Kier alpha value is -1.39. The first-order chi connectivity index (χ1) is 13.1. The van der Waals surface area contributed by atoms with E-state index < -0.39 is 5.54 Å². The van der Waals surface area contributed by atoms with Crippen molar-refractivity contribution < 1.29 is 9.63 Å². The van der Waals surface area contributed by atoms with Crippen LogP contribution in [0.15, 0.2) is 30.3 Å². The van der Waals surface area contributed by atoms with Gasteiger partial charge in [0.25, 0.3) is 0 Å². The fraction of sp³-hybridized carbons (Fsp3) is 0.708. The van der Waals surface area contributed by atoms with Gasteiger partial charge in [-0.05, 0) is 58.9 Å². The normalized spacial score (nSPS) is 21.0. The van der Waals surface area contributed by atoms with Gasteiger partial charge in [-0.3, -0.25) is 9.63 Å². The average Bonchev–Trinajstić information content (AvgIpc) is 2.69. The van der Waals surface area contributed by atoms with Crippen LogP contribution in [0.3, 0.4) is 0 Å². The lowest BCUT2D eigenvalue weighted by atomic mass is 9.77. The molecule has 158 valence electrons. The van der Waals surface area contributed by atoms with Crippen LogP contribution in [0.1, 0.15) is 92.7 Å². The third kappa shape index (κ3) is 3.86. The summed E-state index contributed by atoms with van der Waals surface area (Å²) in [5.74, 6) is 0.197. The summed E-state index contributed by atoms with van der Waals surface area (Å²) in [6, 6.07) is 10.3. The zero-order valence-corrected chi connectivity index (χ0v) is 19.2. The fourth-order valence-electron chi connectivity index (χ4n) is 4.52. The first kappa shape index (κ1) is 22.9. The molecule has 4 nitrogen and oxygen atoms in total. The Kier molecular flexibility index (Phi) is 6.99. The van der Waals surface area contributed by atoms with Crippen LogP contribution in [0.25, 0.3) is 0 Å². The molecule has 1 fully saturated rings. The number of piperazine rings is 1. The minimum Gasteiger partial charge on any atom is -0.334 e. The fourth-order valence-corrected chi connectivity index (χ4v) is 4.52. The Bertz CT molecular complexity index is 642. The Morgan fingerprint density at radius 1 is 1.00 bits per heavy atom. The molecule has 1 aliphatic heterocycles. The molecular weight excluding hydrogens is 348 g/mol. The third-order valence-corrected chi connectivity index (χ3v) is 6.74. The largest absolute Gasteiger partial charge is 0.334 e. The summed E-state index contributed by atoms with van der Waals surface area (Å²) < 4.78 is 0. The van der Waals surface area contributed by atoms with Gasteiger partial charge in [-0.25, -0.2) is 0 Å². The summed E-state index contributed by atoms with van der Waals surface area (Å²) in [7, 11) is 0. The zero-order chi connectivity index (χ0) is 21.2. The minimum absolute atomic E-state index is 0.106. The number of amides is 1. The summed E-state index contributed by atoms with van der Waals surface area (Å²) in [6.45, 7) is 17.9. The third-order valence-electron chi connectivity index (χ3n) is 6.74. The highest BCUT2D eigenvalue weighted by Crippen LogP contribution is 2.45. The molecule has 0 spiro atoms. The van der Waals surface area contributed by atoms with E-state index in [-0.39, 0.29) is 23.1 Å². The molecule has 1 amide bonds. The Morgan fingerprint density at radius 3 is 1.96 bits per heavy atom. The molecule has 0 radical (unpaired) electrons. The lowest BCUT2D eigenvalue weighted by Gasteiger charge is -2.61. The molecular formula is C24H40N2O2. The lowest BCUT2D eigenvalue weighted by Crippen LogP contribution is -2.76. The van der Waals surface area contributed by atoms with Gasteiger partial charge < -0.3 is 4.90 Å². The molecule has 0 aliphatic carbocycles. The smallest absolute Gasteiger partial charge is 0.245 e. The number of carbonyl (C=O) groups is 1. The molecule has 0 saturated carbocycles. The summed E-state index contributed by atoms with van der Waals surface area (Å²) in [6.07, 6.45) is 3.24. The van der Waals surface area contributed by atoms with Crippen molar-refractivity contribution in [1.29, 1.82) is 0 Å². The van der Waals surface area contributed by atoms with E-state index in [0.717, 1.165) is 31.2 Å². The van der Waals surface area contributed by atoms with E-state index in [1.165, 1.54) is 0 Å². The van der Waals surface area contributed by atoms with Crippen molar-refractivity contribution in [2.45, 2.75) is 104 Å². The molecule has 2 rings (SSSR count). The second-order valence-electron chi connectivity index (χ2n) is 9.18. The van der Waals surface area contributed by atoms with E-state index in [1.54, 1.807) is 0 Å². The molecule has 1 saturated heterocycles. The summed E-state index contributed by atoms with van der Waals surface area (Å²) in [5.41, 5.74) is 0.0892. The SMILES string of the molecule is CCC1(CC)CN(C(C)(C)C)C(=O)C(CC)(CC)N1OC(C)c1ccccc1. The van der Waals surface area contributed by atoms with Gasteiger partial charge >= 0.3 is 0 Å². The number of hydrogen-bond donors (Lipinski definition) is 0. The van der Waals surface area contributed by atoms with E-state index >= 15 is 0 Å². The van der Waals surface area contributed by atoms with Crippen LogP contribution >= 0.6 is 0 Å². The standard InChI is InChI=1S/C24H40N2O2/c1-9-23(10-2)18-25(22(6,7)8)21(27)24(11-3,12-4)26(23)28-19(5)20-16-14-13-15-17-20/h13-17,19H,9-12,18H2,1-8H3. The van der Waals surface area contributed by atoms with E-state index in [9.17, 15) is 4.79 Å². The summed E-state index contributed by atoms with van der Waals surface area (Å²) in [4.78, 5) is 22.6. The van der Waals surface area contributed by atoms with Gasteiger partial charge in [0.2, 0.25) is 5.91 Å². The van der Waals surface area contributed by atoms with Gasteiger partial charge in [-0.1, -0.05) is 58.0 Å². The van der Waals surface area contributed by atoms with Gasteiger partial charge in [0.1, 0.15) is 11.6 Å². The van der Waals surface area contributed by atoms with Gasteiger partial charge in [0.05, 0.1) is 5.54 Å². The van der Waals surface area contributed by atoms with Crippen molar-refractivity contribution in [2.24, 2.45) is 0 Å². The van der Waals surface area contributed by atoms with Crippen molar-refractivity contribution in [3.8, 4) is 0 Å². The number of rotatable bonds is 7. The van der Waals surface area contributed by atoms with Crippen LogP contribution in [0.5, 0.6) is 0 Å². The highest BCUT2D eigenvalue weighted by molar-refractivity contribution is 5.88. The van der Waals surface area contributed by atoms with Crippen LogP contribution < -0.4 is 0 Å². The topological polar surface area (TPSA) is 32.8 Å². The second-order valence-corrected chi connectivity index (χ2v) is 9.18. The van der Waals surface area contributed by atoms with Crippen LogP contribution in [-0.4, -0.2) is 39.0 Å². The highest BCUT2D eigenvalue weighted by Gasteiger charge is 2.59. The molecule has 1 unspecified atom stereocenters. The van der Waals surface area contributed by atoms with E-state index in [2.05, 4.69) is 77.5 Å². The number of nitrogens with zero attached hydrogens (tertiary/aromatic N) is 2. The maximum Gasteiger partial charge on any atom is 0.245 e. The quantitative estimate of drug-likeness (QED) is 0.597. The highest BCUT2D eigenvalue weighted by atomic mass is 16.7. The first-order valence-corrected chi connectivity index (χ1v) is 11.0. The predicted octanol–water partition coefficient (Wildman–Crippen LogP) is 5.74. The minimum atomic E-state index is -0.638. The maximum absolute atomic E-state index is 13.8. The van der Waals surface area contributed by atoms with Gasteiger partial charge in [-0.15, -0.1) is 0 Å². The van der Waals surface area contributed by atoms with Crippen LogP contribution in [0.4, 0.5) is 0 Å². The number of hydroxylamine groups is 2. The number of benzene rings is 1. The molecule has 4 heteroatoms. The van der Waals surface area contributed by atoms with Gasteiger partial charge in [0, 0.05) is 12.1 Å². The lowest BCUT2D eigenvalue weighted by molar-refractivity contribution is -0.320. The van der Waals surface area contributed by atoms with Crippen LogP contribution in [0.2, 0.25) is 0 Å². The van der Waals surface area contributed by atoms with Crippen molar-refractivity contribution in [2.75, 3.05) is 6.54 Å². The number of carbonyl (C=O) groups excluding carboxylic acids is 1. The van der Waals surface area contributed by atoms with Gasteiger partial charge in [0.15, 0.2) is 0 Å². The van der Waals surface area contributed by atoms with Gasteiger partial charge in [-0.2, -0.15) is 5.06 Å². The van der Waals surface area contributed by atoms with Crippen LogP contribution in [0, 0.1) is 0 Å². The first-order valence-electron chi connectivity index (χ1n) is 11.0. The molecule has 0 bridgehead atoms. The molecule has 1 aromatic carbocycles. The van der Waals surface area contributed by atoms with Crippen LogP contribution in [-0.2, 0) is 9.63 Å².